The van der Waals surface area contributed by atoms with Gasteiger partial charge in [0.1, 0.15) is 5.82 Å². The number of rotatable bonds is 4. The third-order valence-corrected chi connectivity index (χ3v) is 5.88. The second kappa shape index (κ2) is 10.5. The molecule has 0 bridgehead atoms. The predicted octanol–water partition coefficient (Wildman–Crippen LogP) is 3.42. The molecule has 1 aromatic rings. The van der Waals surface area contributed by atoms with Crippen molar-refractivity contribution in [2.45, 2.75) is 50.7 Å². The Morgan fingerprint density at radius 1 is 1.10 bits per heavy atom. The van der Waals surface area contributed by atoms with Crippen LogP contribution in [0.1, 0.15) is 44.1 Å². The number of urea groups is 1. The topological polar surface area (TPSA) is 77.6 Å². The van der Waals surface area contributed by atoms with Gasteiger partial charge in [-0.3, -0.25) is 15.0 Å². The highest BCUT2D eigenvalue weighted by molar-refractivity contribution is 6.33. The summed E-state index contributed by atoms with van der Waals surface area (Å²) in [5, 5.41) is 5.18. The SMILES string of the molecule is O=C(CN1CCCN(c2ncc(C(F)(F)F)cc2Cl)CC1)NC(=O)NC1CCCCC1. The lowest BCUT2D eigenvalue weighted by Gasteiger charge is -2.24. The van der Waals surface area contributed by atoms with Crippen LogP contribution in [0.4, 0.5) is 23.8 Å². The first-order valence-corrected chi connectivity index (χ1v) is 10.9. The summed E-state index contributed by atoms with van der Waals surface area (Å²) in [4.78, 5) is 31.9. The summed E-state index contributed by atoms with van der Waals surface area (Å²) < 4.78 is 38.4. The minimum absolute atomic E-state index is 0.0552. The summed E-state index contributed by atoms with van der Waals surface area (Å²) in [7, 11) is 0. The van der Waals surface area contributed by atoms with Crippen molar-refractivity contribution in [2.24, 2.45) is 0 Å². The van der Waals surface area contributed by atoms with E-state index in [-0.39, 0.29) is 23.5 Å². The molecule has 0 spiro atoms. The highest BCUT2D eigenvalue weighted by Gasteiger charge is 2.32. The van der Waals surface area contributed by atoms with Crippen LogP contribution in [0.5, 0.6) is 0 Å². The van der Waals surface area contributed by atoms with E-state index in [9.17, 15) is 22.8 Å². The van der Waals surface area contributed by atoms with Gasteiger partial charge in [0.25, 0.3) is 0 Å². The third-order valence-electron chi connectivity index (χ3n) is 5.60. The number of pyridine rings is 1. The molecule has 3 rings (SSSR count). The Kier molecular flexibility index (Phi) is 7.99. The highest BCUT2D eigenvalue weighted by Crippen LogP contribution is 2.33. The molecule has 3 amide bonds. The van der Waals surface area contributed by atoms with Crippen LogP contribution < -0.4 is 15.5 Å². The molecular weight excluding hydrogens is 435 g/mol. The van der Waals surface area contributed by atoms with Crippen LogP contribution in [0.15, 0.2) is 12.3 Å². The van der Waals surface area contributed by atoms with Gasteiger partial charge in [0.15, 0.2) is 0 Å². The van der Waals surface area contributed by atoms with Gasteiger partial charge < -0.3 is 10.2 Å². The number of anilines is 1. The smallest absolute Gasteiger partial charge is 0.354 e. The van der Waals surface area contributed by atoms with E-state index in [1.54, 1.807) is 0 Å². The molecule has 1 saturated heterocycles. The van der Waals surface area contributed by atoms with Crippen LogP contribution in [0.3, 0.4) is 0 Å². The molecule has 7 nitrogen and oxygen atoms in total. The van der Waals surface area contributed by atoms with Gasteiger partial charge in [-0.15, -0.1) is 0 Å². The Balaban J connectivity index is 1.48. The van der Waals surface area contributed by atoms with E-state index in [4.69, 9.17) is 11.6 Å². The quantitative estimate of drug-likeness (QED) is 0.718. The molecule has 0 radical (unpaired) electrons. The first-order chi connectivity index (χ1) is 14.7. The van der Waals surface area contributed by atoms with E-state index < -0.39 is 17.8 Å². The summed E-state index contributed by atoms with van der Waals surface area (Å²) >= 11 is 6.05. The summed E-state index contributed by atoms with van der Waals surface area (Å²) in [5.41, 5.74) is -0.888. The number of nitrogens with zero attached hydrogens (tertiary/aromatic N) is 3. The minimum atomic E-state index is -4.50. The molecule has 1 aliphatic heterocycles. The van der Waals surface area contributed by atoms with Crippen molar-refractivity contribution in [1.82, 2.24) is 20.5 Å². The Morgan fingerprint density at radius 2 is 1.84 bits per heavy atom. The number of carbonyl (C=O) groups excluding carboxylic acids is 2. The van der Waals surface area contributed by atoms with Crippen molar-refractivity contribution < 1.29 is 22.8 Å². The maximum atomic E-state index is 12.8. The number of hydrogen-bond acceptors (Lipinski definition) is 5. The minimum Gasteiger partial charge on any atom is -0.354 e. The van der Waals surface area contributed by atoms with Crippen molar-refractivity contribution in [3.8, 4) is 0 Å². The van der Waals surface area contributed by atoms with Gasteiger partial charge in [-0.25, -0.2) is 9.78 Å². The third kappa shape index (κ3) is 6.96. The van der Waals surface area contributed by atoms with Gasteiger partial charge in [0.2, 0.25) is 5.91 Å². The molecule has 1 aromatic heterocycles. The average Bonchev–Trinajstić information content (AvgIpc) is 2.93. The highest BCUT2D eigenvalue weighted by atomic mass is 35.5. The maximum absolute atomic E-state index is 12.8. The molecule has 0 unspecified atom stereocenters. The molecule has 0 atom stereocenters. The second-order valence-electron chi connectivity index (χ2n) is 8.00. The summed E-state index contributed by atoms with van der Waals surface area (Å²) in [6.07, 6.45) is 2.18. The number of nitrogens with one attached hydrogen (secondary N) is 2. The monoisotopic (exact) mass is 461 g/mol. The zero-order chi connectivity index (χ0) is 22.4. The number of carbonyl (C=O) groups is 2. The first kappa shape index (κ1) is 23.6. The lowest BCUT2D eigenvalue weighted by molar-refractivity contribution is -0.137. The van der Waals surface area contributed by atoms with E-state index in [0.717, 1.165) is 37.9 Å². The van der Waals surface area contributed by atoms with Crippen LogP contribution in [0, 0.1) is 0 Å². The Bertz CT molecular complexity index is 787. The number of alkyl halides is 3. The predicted molar refractivity (Wildman–Crippen MR) is 111 cm³/mol. The fourth-order valence-electron chi connectivity index (χ4n) is 4.00. The molecule has 0 aromatic carbocycles. The van der Waals surface area contributed by atoms with E-state index in [0.29, 0.717) is 38.4 Å². The number of hydrogen-bond donors (Lipinski definition) is 2. The van der Waals surface area contributed by atoms with Crippen LogP contribution in [-0.2, 0) is 11.0 Å². The summed E-state index contributed by atoms with van der Waals surface area (Å²) in [5.74, 6) is -0.0831. The number of aromatic nitrogens is 1. The van der Waals surface area contributed by atoms with Gasteiger partial charge in [-0.05, 0) is 25.3 Å². The second-order valence-corrected chi connectivity index (χ2v) is 8.41. The maximum Gasteiger partial charge on any atom is 0.417 e. The van der Waals surface area contributed by atoms with E-state index in [2.05, 4.69) is 15.6 Å². The lowest BCUT2D eigenvalue weighted by Crippen LogP contribution is -2.48. The van der Waals surface area contributed by atoms with Crippen molar-refractivity contribution in [1.29, 1.82) is 0 Å². The Labute approximate surface area is 184 Å². The Hall–Kier alpha value is -2.07. The van der Waals surface area contributed by atoms with Crippen molar-refractivity contribution >= 4 is 29.4 Å². The molecule has 11 heteroatoms. The van der Waals surface area contributed by atoms with Crippen molar-refractivity contribution in [2.75, 3.05) is 37.6 Å². The fourth-order valence-corrected chi connectivity index (χ4v) is 4.28. The van der Waals surface area contributed by atoms with Gasteiger partial charge in [-0.2, -0.15) is 13.2 Å². The number of halogens is 4. The van der Waals surface area contributed by atoms with E-state index >= 15 is 0 Å². The zero-order valence-electron chi connectivity index (χ0n) is 17.2. The first-order valence-electron chi connectivity index (χ1n) is 10.5. The number of imide groups is 1. The Morgan fingerprint density at radius 3 is 2.52 bits per heavy atom. The van der Waals surface area contributed by atoms with Crippen molar-refractivity contribution in [3.05, 3.63) is 22.8 Å². The largest absolute Gasteiger partial charge is 0.417 e. The molecule has 1 aliphatic carbocycles. The molecule has 172 valence electrons. The summed E-state index contributed by atoms with van der Waals surface area (Å²) in [6, 6.07) is 0.536. The van der Waals surface area contributed by atoms with E-state index in [1.807, 2.05) is 9.80 Å². The summed E-state index contributed by atoms with van der Waals surface area (Å²) in [6.45, 7) is 2.20. The van der Waals surface area contributed by atoms with Crippen molar-refractivity contribution in [3.63, 3.8) is 0 Å². The molecule has 1 saturated carbocycles. The van der Waals surface area contributed by atoms with Gasteiger partial charge in [0, 0.05) is 38.4 Å². The normalized spacial score (nSPS) is 19.0. The van der Waals surface area contributed by atoms with Crippen LogP contribution in [0.2, 0.25) is 5.02 Å². The average molecular weight is 462 g/mol. The van der Waals surface area contributed by atoms with Crippen LogP contribution in [0.25, 0.3) is 0 Å². The molecule has 2 heterocycles. The standard InChI is InChI=1S/C20H27ClF3N5O2/c21-16-11-14(20(22,23)24)12-25-18(16)29-8-4-7-28(9-10-29)13-17(30)27-19(31)26-15-5-2-1-3-6-15/h11-12,15H,1-10,13H2,(H2,26,27,30,31). The van der Waals surface area contributed by atoms with Crippen LogP contribution in [-0.4, -0.2) is 60.6 Å². The fraction of sp³-hybridized carbons (Fsp3) is 0.650. The molecule has 2 fully saturated rings. The van der Waals surface area contributed by atoms with Crippen LogP contribution >= 0.6 is 11.6 Å². The zero-order valence-corrected chi connectivity index (χ0v) is 17.9. The molecule has 2 aliphatic rings. The van der Waals surface area contributed by atoms with Gasteiger partial charge >= 0.3 is 12.2 Å². The number of amides is 3. The molecule has 31 heavy (non-hydrogen) atoms. The van der Waals surface area contributed by atoms with E-state index in [1.165, 1.54) is 6.42 Å². The molecule has 2 N–H and O–H groups in total. The van der Waals surface area contributed by atoms with Gasteiger partial charge in [-0.1, -0.05) is 30.9 Å². The lowest BCUT2D eigenvalue weighted by atomic mass is 9.96. The molecular formula is C20H27ClF3N5O2. The van der Waals surface area contributed by atoms with Gasteiger partial charge in [0.05, 0.1) is 17.1 Å².